The fraction of sp³-hybridized carbons (Fsp3) is 1.00. The molecule has 88 valence electrons. The zero-order valence-corrected chi connectivity index (χ0v) is 10.4. The van der Waals surface area contributed by atoms with Gasteiger partial charge in [0.25, 0.3) is 0 Å². The topological polar surface area (TPSA) is 27.7 Å². The van der Waals surface area contributed by atoms with Crippen molar-refractivity contribution in [3.8, 4) is 0 Å². The van der Waals surface area contributed by atoms with E-state index in [4.69, 9.17) is 14.2 Å². The third-order valence-corrected chi connectivity index (χ3v) is 3.36. The minimum atomic E-state index is -0.547. The van der Waals surface area contributed by atoms with Gasteiger partial charge in [-0.3, -0.25) is 0 Å². The highest BCUT2D eigenvalue weighted by Gasteiger charge is 2.61. The van der Waals surface area contributed by atoms with Gasteiger partial charge in [-0.25, -0.2) is 0 Å². The van der Waals surface area contributed by atoms with Crippen molar-refractivity contribution in [1.29, 1.82) is 0 Å². The summed E-state index contributed by atoms with van der Waals surface area (Å²) in [5.41, 5.74) is -0.536. The third-order valence-electron chi connectivity index (χ3n) is 3.36. The van der Waals surface area contributed by atoms with Crippen molar-refractivity contribution in [3.05, 3.63) is 0 Å². The molecule has 0 amide bonds. The lowest BCUT2D eigenvalue weighted by atomic mass is 9.91. The number of hydrogen-bond donors (Lipinski definition) is 0. The average Bonchev–Trinajstić information content (AvgIpc) is 2.15. The Morgan fingerprint density at radius 3 is 2.27 bits per heavy atom. The molecule has 2 aliphatic rings. The van der Waals surface area contributed by atoms with Crippen LogP contribution in [0.1, 0.15) is 47.5 Å². The van der Waals surface area contributed by atoms with Crippen LogP contribution >= 0.6 is 0 Å². The zero-order chi connectivity index (χ0) is 11.3. The molecule has 0 N–H and O–H groups in total. The highest BCUT2D eigenvalue weighted by atomic mass is 16.7. The van der Waals surface area contributed by atoms with E-state index in [9.17, 15) is 0 Å². The lowest BCUT2D eigenvalue weighted by Gasteiger charge is -2.44. The van der Waals surface area contributed by atoms with Crippen molar-refractivity contribution in [1.82, 2.24) is 0 Å². The molecule has 0 aromatic rings. The second-order valence-corrected chi connectivity index (χ2v) is 5.87. The standard InChI is InChI=1S/C12H22O3/c1-9-6-7-13-12(14-9)8-10(2,3)15-11(12,4)5/h9H,6-8H2,1-5H3/t9-,12+/m0/s1. The van der Waals surface area contributed by atoms with Gasteiger partial charge in [0, 0.05) is 6.42 Å². The molecule has 2 saturated heterocycles. The molecule has 15 heavy (non-hydrogen) atoms. The van der Waals surface area contributed by atoms with Crippen LogP contribution in [0.2, 0.25) is 0 Å². The molecule has 0 radical (unpaired) electrons. The minimum Gasteiger partial charge on any atom is -0.364 e. The first-order chi connectivity index (χ1) is 6.77. The number of hydrogen-bond acceptors (Lipinski definition) is 3. The Morgan fingerprint density at radius 2 is 1.80 bits per heavy atom. The van der Waals surface area contributed by atoms with E-state index in [1.165, 1.54) is 0 Å². The van der Waals surface area contributed by atoms with E-state index in [1.54, 1.807) is 0 Å². The van der Waals surface area contributed by atoms with Crippen LogP contribution in [0.15, 0.2) is 0 Å². The molecule has 2 atom stereocenters. The van der Waals surface area contributed by atoms with Gasteiger partial charge in [0.15, 0.2) is 5.79 Å². The summed E-state index contributed by atoms with van der Waals surface area (Å²) in [7, 11) is 0. The maximum absolute atomic E-state index is 6.04. The van der Waals surface area contributed by atoms with Gasteiger partial charge in [-0.1, -0.05) is 0 Å². The second-order valence-electron chi connectivity index (χ2n) is 5.87. The van der Waals surface area contributed by atoms with E-state index in [-0.39, 0.29) is 17.3 Å². The van der Waals surface area contributed by atoms with Gasteiger partial charge in [-0.15, -0.1) is 0 Å². The Kier molecular flexibility index (Phi) is 2.42. The molecule has 2 rings (SSSR count). The first-order valence-corrected chi connectivity index (χ1v) is 5.78. The molecule has 3 nitrogen and oxygen atoms in total. The summed E-state index contributed by atoms with van der Waals surface area (Å²) in [6.07, 6.45) is 2.03. The summed E-state index contributed by atoms with van der Waals surface area (Å²) in [6.45, 7) is 11.2. The Bertz CT molecular complexity index is 260. The normalized spacial score (nSPS) is 43.4. The summed E-state index contributed by atoms with van der Waals surface area (Å²) in [5.74, 6) is -0.547. The van der Waals surface area contributed by atoms with E-state index in [1.807, 2.05) is 0 Å². The van der Waals surface area contributed by atoms with Crippen LogP contribution in [-0.4, -0.2) is 29.7 Å². The zero-order valence-electron chi connectivity index (χ0n) is 10.4. The highest BCUT2D eigenvalue weighted by molar-refractivity contribution is 5.03. The lowest BCUT2D eigenvalue weighted by molar-refractivity contribution is -0.328. The summed E-state index contributed by atoms with van der Waals surface area (Å²) >= 11 is 0. The number of ether oxygens (including phenoxy) is 3. The van der Waals surface area contributed by atoms with Crippen LogP contribution in [0.25, 0.3) is 0 Å². The smallest absolute Gasteiger partial charge is 0.200 e. The SMILES string of the molecule is C[C@H]1CCO[C@]2(CC(C)(C)OC2(C)C)O1. The van der Waals surface area contributed by atoms with Crippen molar-refractivity contribution in [3.63, 3.8) is 0 Å². The molecule has 3 heteroatoms. The molecule has 0 aromatic carbocycles. The Hall–Kier alpha value is -0.120. The van der Waals surface area contributed by atoms with Crippen LogP contribution in [0.3, 0.4) is 0 Å². The average molecular weight is 214 g/mol. The van der Waals surface area contributed by atoms with E-state index in [2.05, 4.69) is 34.6 Å². The minimum absolute atomic E-state index is 0.166. The van der Waals surface area contributed by atoms with E-state index >= 15 is 0 Å². The molecule has 0 saturated carbocycles. The fourth-order valence-corrected chi connectivity index (χ4v) is 2.79. The first-order valence-electron chi connectivity index (χ1n) is 5.78. The van der Waals surface area contributed by atoms with Crippen LogP contribution in [0.5, 0.6) is 0 Å². The van der Waals surface area contributed by atoms with Gasteiger partial charge >= 0.3 is 0 Å². The summed E-state index contributed by atoms with van der Waals surface area (Å²) in [6, 6.07) is 0. The van der Waals surface area contributed by atoms with Gasteiger partial charge < -0.3 is 14.2 Å². The summed E-state index contributed by atoms with van der Waals surface area (Å²) < 4.78 is 18.0. The third kappa shape index (κ3) is 1.81. The molecular formula is C12H22O3. The highest BCUT2D eigenvalue weighted by Crippen LogP contribution is 2.49. The quantitative estimate of drug-likeness (QED) is 0.620. The number of rotatable bonds is 0. The van der Waals surface area contributed by atoms with Gasteiger partial charge in [0.2, 0.25) is 0 Å². The molecular weight excluding hydrogens is 192 g/mol. The predicted octanol–water partition coefficient (Wildman–Crippen LogP) is 2.49. The Labute approximate surface area is 92.1 Å². The second kappa shape index (κ2) is 3.19. The summed E-state index contributed by atoms with van der Waals surface area (Å²) in [4.78, 5) is 0. The van der Waals surface area contributed by atoms with Crippen molar-refractivity contribution >= 4 is 0 Å². The maximum atomic E-state index is 6.04. The van der Waals surface area contributed by atoms with Gasteiger partial charge in [-0.05, 0) is 41.0 Å². The predicted molar refractivity (Wildman–Crippen MR) is 57.7 cm³/mol. The molecule has 0 unspecified atom stereocenters. The van der Waals surface area contributed by atoms with E-state index in [0.29, 0.717) is 0 Å². The van der Waals surface area contributed by atoms with Crippen molar-refractivity contribution in [2.75, 3.05) is 6.61 Å². The molecule has 0 aromatic heterocycles. The van der Waals surface area contributed by atoms with Crippen molar-refractivity contribution in [2.24, 2.45) is 0 Å². The van der Waals surface area contributed by atoms with Crippen LogP contribution in [0, 0.1) is 0 Å². The van der Waals surface area contributed by atoms with Crippen molar-refractivity contribution < 1.29 is 14.2 Å². The van der Waals surface area contributed by atoms with Crippen molar-refractivity contribution in [2.45, 2.75) is 70.6 Å². The molecule has 2 aliphatic heterocycles. The van der Waals surface area contributed by atoms with Crippen LogP contribution in [0.4, 0.5) is 0 Å². The Morgan fingerprint density at radius 1 is 1.13 bits per heavy atom. The molecule has 0 bridgehead atoms. The van der Waals surface area contributed by atoms with Crippen LogP contribution in [-0.2, 0) is 14.2 Å². The van der Waals surface area contributed by atoms with Crippen LogP contribution < -0.4 is 0 Å². The maximum Gasteiger partial charge on any atom is 0.200 e. The first kappa shape index (κ1) is 11.4. The van der Waals surface area contributed by atoms with Gasteiger partial charge in [0.05, 0.1) is 18.3 Å². The van der Waals surface area contributed by atoms with E-state index < -0.39 is 5.79 Å². The largest absolute Gasteiger partial charge is 0.364 e. The molecule has 1 spiro atoms. The molecule has 2 heterocycles. The Balaban J connectivity index is 2.26. The summed E-state index contributed by atoms with van der Waals surface area (Å²) in [5, 5.41) is 0. The molecule has 2 fully saturated rings. The monoisotopic (exact) mass is 214 g/mol. The van der Waals surface area contributed by atoms with Gasteiger partial charge in [-0.2, -0.15) is 0 Å². The fourth-order valence-electron chi connectivity index (χ4n) is 2.79. The van der Waals surface area contributed by atoms with E-state index in [0.717, 1.165) is 19.4 Å². The molecule has 0 aliphatic carbocycles. The van der Waals surface area contributed by atoms with Gasteiger partial charge in [0.1, 0.15) is 5.60 Å². The lowest BCUT2D eigenvalue weighted by Crippen LogP contribution is -2.55.